The van der Waals surface area contributed by atoms with E-state index < -0.39 is 11.8 Å². The summed E-state index contributed by atoms with van der Waals surface area (Å²) in [5, 5.41) is 9.51. The van der Waals surface area contributed by atoms with Gasteiger partial charge in [0.15, 0.2) is 0 Å². The number of carbonyl (C=O) groups excluding carboxylic acids is 3. The molecule has 0 radical (unpaired) electrons. The Morgan fingerprint density at radius 3 is 1.03 bits per heavy atom. The van der Waals surface area contributed by atoms with Crippen LogP contribution >= 0.6 is 11.6 Å². The van der Waals surface area contributed by atoms with E-state index in [1.165, 1.54) is 67.1 Å². The summed E-state index contributed by atoms with van der Waals surface area (Å²) in [5.41, 5.74) is 16.0. The second kappa shape index (κ2) is 34.8. The fraction of sp³-hybridized carbons (Fsp3) is 0.494. The molecule has 0 atom stereocenters. The standard InChI is InChI=1S/C28H38ClN5O.C28H38FN5O.C27H35F2N5O/c2*1-7-33(22-10-8-21(9-11-22)32(5)6)26-15-18(2)14-23(20(26)4)28(35)31-17-24-25(29)16-19(3)34-13-12-30-27(24)34;1-6-33(20-9-7-19(8-10-20)32(4)5)24-14-17(2)13-21(18(24)3)27(35)31-16-22-23(28)15-25(29)34-12-11-30-26(22)34/h2*12-16,21-22H,7-11,17H2,1-6H3,(H,31,35);11-15,19-20H,6-10,16H2,1-5H3,(H,31,35). The van der Waals surface area contributed by atoms with Gasteiger partial charge in [0.05, 0.1) is 16.1 Å². The van der Waals surface area contributed by atoms with Crippen molar-refractivity contribution < 1.29 is 27.6 Å². The molecule has 3 saturated carbocycles. The van der Waals surface area contributed by atoms with Crippen LogP contribution in [0.2, 0.25) is 5.02 Å². The molecule has 0 unspecified atom stereocenters. The van der Waals surface area contributed by atoms with Gasteiger partial charge in [0.2, 0.25) is 5.95 Å². The lowest BCUT2D eigenvalue weighted by molar-refractivity contribution is 0.0941. The number of amides is 3. The van der Waals surface area contributed by atoms with Crippen molar-refractivity contribution in [3.05, 3.63) is 193 Å². The van der Waals surface area contributed by atoms with E-state index in [-0.39, 0.29) is 47.8 Å². The third kappa shape index (κ3) is 17.8. The van der Waals surface area contributed by atoms with Crippen molar-refractivity contribution in [3.63, 3.8) is 0 Å². The van der Waals surface area contributed by atoms with E-state index in [2.05, 4.69) is 155 Å². The number of carbonyl (C=O) groups is 3. The minimum Gasteiger partial charge on any atom is -0.369 e. The molecule has 3 amide bonds. The summed E-state index contributed by atoms with van der Waals surface area (Å²) in [6.07, 6.45) is 24.0. The molecular formula is C83H111ClF3N15O3. The molecule has 3 aliphatic rings. The molecular weight excluding hydrogens is 1350 g/mol. The van der Waals surface area contributed by atoms with E-state index in [0.717, 1.165) is 137 Å². The van der Waals surface area contributed by atoms with Crippen LogP contribution in [-0.4, -0.2) is 159 Å². The van der Waals surface area contributed by atoms with Gasteiger partial charge in [-0.05, 0) is 277 Å². The quantitative estimate of drug-likeness (QED) is 0.0586. The molecule has 6 heterocycles. The molecule has 9 aromatic rings. The Morgan fingerprint density at radius 1 is 0.410 bits per heavy atom. The number of hydrogen-bond donors (Lipinski definition) is 3. The number of hydrogen-bond acceptors (Lipinski definition) is 12. The predicted octanol–water partition coefficient (Wildman–Crippen LogP) is 15.4. The number of benzene rings is 3. The number of anilines is 3. The fourth-order valence-corrected chi connectivity index (χ4v) is 16.8. The van der Waals surface area contributed by atoms with Gasteiger partial charge in [-0.1, -0.05) is 11.6 Å². The van der Waals surface area contributed by atoms with Crippen LogP contribution in [0.25, 0.3) is 16.9 Å². The number of pyridine rings is 3. The summed E-state index contributed by atoms with van der Waals surface area (Å²) in [6.45, 7) is 25.6. The van der Waals surface area contributed by atoms with E-state index in [9.17, 15) is 27.6 Å². The first-order chi connectivity index (χ1) is 50.1. The summed E-state index contributed by atoms with van der Waals surface area (Å²) in [4.78, 5) is 67.2. The number of aromatic nitrogens is 6. The molecule has 3 aliphatic carbocycles. The van der Waals surface area contributed by atoms with Crippen LogP contribution < -0.4 is 30.7 Å². The number of aryl methyl sites for hydroxylation is 5. The summed E-state index contributed by atoms with van der Waals surface area (Å²) in [5.74, 6) is -2.37. The minimum atomic E-state index is -0.733. The lowest BCUT2D eigenvalue weighted by Gasteiger charge is -2.40. The third-order valence-electron chi connectivity index (χ3n) is 22.6. The average molecular weight is 1460 g/mol. The first kappa shape index (κ1) is 79.1. The second-order valence-corrected chi connectivity index (χ2v) is 30.3. The molecule has 12 rings (SSSR count). The highest BCUT2D eigenvalue weighted by Crippen LogP contribution is 2.37. The van der Waals surface area contributed by atoms with E-state index in [1.807, 2.05) is 80.8 Å². The van der Waals surface area contributed by atoms with E-state index >= 15 is 0 Å². The van der Waals surface area contributed by atoms with Crippen LogP contribution in [0.4, 0.5) is 30.2 Å². The van der Waals surface area contributed by atoms with Crippen molar-refractivity contribution in [1.82, 2.24) is 58.8 Å². The van der Waals surface area contributed by atoms with Crippen molar-refractivity contribution >= 4 is 63.3 Å². The lowest BCUT2D eigenvalue weighted by Crippen LogP contribution is -2.42. The maximum absolute atomic E-state index is 14.7. The number of nitrogens with zero attached hydrogens (tertiary/aromatic N) is 12. The zero-order valence-corrected chi connectivity index (χ0v) is 65.7. The predicted molar refractivity (Wildman–Crippen MR) is 419 cm³/mol. The maximum Gasteiger partial charge on any atom is 0.251 e. The number of halogens is 4. The molecule has 0 spiro atoms. The van der Waals surface area contributed by atoms with Crippen LogP contribution in [0.5, 0.6) is 0 Å². The van der Waals surface area contributed by atoms with E-state index in [1.54, 1.807) is 18.6 Å². The molecule has 105 heavy (non-hydrogen) atoms. The summed E-state index contributed by atoms with van der Waals surface area (Å²) in [7, 11) is 13.0. The van der Waals surface area contributed by atoms with Crippen molar-refractivity contribution in [3.8, 4) is 0 Å². The smallest absolute Gasteiger partial charge is 0.251 e. The SMILES string of the molecule is CCN(c1cc(C)cc(C(=O)NCc2c(Cl)cc(C)n3ccnc23)c1C)C1CCC(N(C)C)CC1.CCN(c1cc(C)cc(C(=O)NCc2c(F)cc(C)n3ccnc23)c1C)C1CCC(N(C)C)CC1.CCN(c1cc(C)cc(C(=O)NCc2c(F)cc(F)n3ccnc23)c1C)C1CCC(N(C)C)CC1. The summed E-state index contributed by atoms with van der Waals surface area (Å²) >= 11 is 6.54. The monoisotopic (exact) mass is 1460 g/mol. The Kier molecular flexibility index (Phi) is 26.2. The molecule has 18 nitrogen and oxygen atoms in total. The molecule has 3 aromatic carbocycles. The molecule has 6 aromatic heterocycles. The van der Waals surface area contributed by atoms with Crippen LogP contribution in [0.1, 0.15) is 190 Å². The van der Waals surface area contributed by atoms with Crippen LogP contribution in [0, 0.1) is 73.0 Å². The first-order valence-electron chi connectivity index (χ1n) is 37.6. The van der Waals surface area contributed by atoms with Crippen LogP contribution in [-0.2, 0) is 19.6 Å². The molecule has 22 heteroatoms. The Balaban J connectivity index is 0.000000169. The Morgan fingerprint density at radius 2 is 0.695 bits per heavy atom. The maximum atomic E-state index is 14.7. The third-order valence-corrected chi connectivity index (χ3v) is 22.9. The van der Waals surface area contributed by atoms with Crippen molar-refractivity contribution in [2.45, 2.75) is 209 Å². The van der Waals surface area contributed by atoms with E-state index in [0.29, 0.717) is 70.2 Å². The van der Waals surface area contributed by atoms with Gasteiger partial charge < -0.3 is 54.2 Å². The molecule has 0 saturated heterocycles. The zero-order valence-electron chi connectivity index (χ0n) is 65.0. The molecule has 0 bridgehead atoms. The minimum absolute atomic E-state index is 0.0823. The highest BCUT2D eigenvalue weighted by atomic mass is 35.5. The van der Waals surface area contributed by atoms with Crippen molar-refractivity contribution in [2.24, 2.45) is 0 Å². The Hall–Kier alpha value is -8.50. The van der Waals surface area contributed by atoms with Gasteiger partial charge in [0.1, 0.15) is 28.6 Å². The Labute approximate surface area is 624 Å². The molecule has 3 fully saturated rings. The highest BCUT2D eigenvalue weighted by molar-refractivity contribution is 6.31. The number of rotatable bonds is 21. The fourth-order valence-electron chi connectivity index (χ4n) is 16.5. The number of imidazole rings is 3. The normalized spacial score (nSPS) is 18.3. The van der Waals surface area contributed by atoms with Crippen molar-refractivity contribution in [2.75, 3.05) is 76.6 Å². The van der Waals surface area contributed by atoms with E-state index in [4.69, 9.17) is 11.6 Å². The largest absolute Gasteiger partial charge is 0.369 e. The highest BCUT2D eigenvalue weighted by Gasteiger charge is 2.33. The van der Waals surface area contributed by atoms with Crippen LogP contribution in [0.3, 0.4) is 0 Å². The molecule has 3 N–H and O–H groups in total. The Bertz CT molecular complexity index is 4090. The summed E-state index contributed by atoms with van der Waals surface area (Å²) in [6, 6.07) is 20.0. The molecule has 0 aliphatic heterocycles. The van der Waals surface area contributed by atoms with Gasteiger partial charge in [0, 0.05) is 169 Å². The topological polar surface area (TPSA) is 159 Å². The second-order valence-electron chi connectivity index (χ2n) is 29.9. The van der Waals surface area contributed by atoms with Gasteiger partial charge in [-0.2, -0.15) is 4.39 Å². The van der Waals surface area contributed by atoms with Gasteiger partial charge in [-0.3, -0.25) is 18.8 Å². The van der Waals surface area contributed by atoms with Crippen molar-refractivity contribution in [1.29, 1.82) is 0 Å². The number of nitrogens with one attached hydrogen (secondary N) is 3. The first-order valence-corrected chi connectivity index (χ1v) is 38.0. The van der Waals surface area contributed by atoms with Gasteiger partial charge in [-0.25, -0.2) is 23.7 Å². The van der Waals surface area contributed by atoms with Gasteiger partial charge in [-0.15, -0.1) is 0 Å². The van der Waals surface area contributed by atoms with Gasteiger partial charge in [0.25, 0.3) is 17.7 Å². The zero-order chi connectivity index (χ0) is 75.8. The van der Waals surface area contributed by atoms with Crippen LogP contribution in [0.15, 0.2) is 91.8 Å². The lowest BCUT2D eigenvalue weighted by atomic mass is 9.88. The molecule has 564 valence electrons. The average Bonchev–Trinajstić information content (AvgIpc) is 1.74. The summed E-state index contributed by atoms with van der Waals surface area (Å²) < 4.78 is 48.2. The van der Waals surface area contributed by atoms with Gasteiger partial charge >= 0.3 is 0 Å². The number of fused-ring (bicyclic) bond motifs is 3.